The zero-order chi connectivity index (χ0) is 11.8. The van der Waals surface area contributed by atoms with Crippen LogP contribution in [0.1, 0.15) is 13.3 Å². The number of hydrogen-bond acceptors (Lipinski definition) is 2. The van der Waals surface area contributed by atoms with Gasteiger partial charge in [0.2, 0.25) is 5.91 Å². The summed E-state index contributed by atoms with van der Waals surface area (Å²) >= 11 is 0. The van der Waals surface area contributed by atoms with E-state index in [0.29, 0.717) is 6.42 Å². The smallest absolute Gasteiger partial charge is 0.272 e. The van der Waals surface area contributed by atoms with Crippen molar-refractivity contribution in [2.75, 3.05) is 6.54 Å². The summed E-state index contributed by atoms with van der Waals surface area (Å²) in [7, 11) is 0. The minimum Gasteiger partial charge on any atom is -0.368 e. The minimum atomic E-state index is -3.01. The third-order valence-electron chi connectivity index (χ3n) is 1.79. The van der Waals surface area contributed by atoms with Crippen molar-refractivity contribution < 1.29 is 18.0 Å². The Bertz CT molecular complexity index is 221. The van der Waals surface area contributed by atoms with Crippen LogP contribution in [0.4, 0.5) is 13.2 Å². The fraction of sp³-hybridized carbons (Fsp3) is 0.667. The second kappa shape index (κ2) is 7.28. The van der Waals surface area contributed by atoms with E-state index in [9.17, 15) is 18.0 Å². The predicted molar refractivity (Wildman–Crippen MR) is 51.3 cm³/mol. The molecule has 2 atom stereocenters. The largest absolute Gasteiger partial charge is 0.368 e. The normalized spacial score (nSPS) is 15.8. The van der Waals surface area contributed by atoms with E-state index in [1.54, 1.807) is 6.92 Å². The van der Waals surface area contributed by atoms with Crippen LogP contribution in [-0.2, 0) is 4.79 Å². The molecule has 0 saturated carbocycles. The molecule has 0 fully saturated rings. The van der Waals surface area contributed by atoms with E-state index >= 15 is 0 Å². The van der Waals surface area contributed by atoms with E-state index in [1.165, 1.54) is 6.08 Å². The Morgan fingerprint density at radius 1 is 1.47 bits per heavy atom. The van der Waals surface area contributed by atoms with Gasteiger partial charge in [-0.05, 0) is 12.5 Å². The molecule has 88 valence electrons. The molecule has 0 aliphatic carbocycles. The van der Waals surface area contributed by atoms with E-state index in [4.69, 9.17) is 5.73 Å². The molecule has 0 aliphatic heterocycles. The first kappa shape index (κ1) is 14.0. The Labute approximate surface area is 86.5 Å². The maximum absolute atomic E-state index is 12.3. The average Bonchev–Trinajstić information content (AvgIpc) is 2.16. The highest BCUT2D eigenvalue weighted by atomic mass is 19.3. The summed E-state index contributed by atoms with van der Waals surface area (Å²) in [5, 5.41) is 2.69. The van der Waals surface area contributed by atoms with Gasteiger partial charge in [0.05, 0.1) is 6.04 Å². The first-order valence-corrected chi connectivity index (χ1v) is 4.60. The van der Waals surface area contributed by atoms with Gasteiger partial charge in [-0.2, -0.15) is 0 Å². The lowest BCUT2D eigenvalue weighted by Gasteiger charge is -2.10. The summed E-state index contributed by atoms with van der Waals surface area (Å²) in [6.07, 6.45) is -2.81. The second-order valence-electron chi connectivity index (χ2n) is 2.98. The predicted octanol–water partition coefficient (Wildman–Crippen LogP) is 0.999. The third-order valence-corrected chi connectivity index (χ3v) is 1.79. The Kier molecular flexibility index (Phi) is 6.77. The van der Waals surface area contributed by atoms with Crippen molar-refractivity contribution in [2.45, 2.75) is 32.0 Å². The Morgan fingerprint density at radius 3 is 2.47 bits per heavy atom. The molecular formula is C9H15F3N2O. The molecule has 0 radical (unpaired) electrons. The van der Waals surface area contributed by atoms with Crippen molar-refractivity contribution in [1.29, 1.82) is 0 Å². The quantitative estimate of drug-likeness (QED) is 0.634. The number of rotatable bonds is 7. The molecule has 15 heavy (non-hydrogen) atoms. The van der Waals surface area contributed by atoms with E-state index in [1.807, 2.05) is 0 Å². The van der Waals surface area contributed by atoms with E-state index in [0.717, 1.165) is 6.08 Å². The molecule has 0 aliphatic rings. The lowest BCUT2D eigenvalue weighted by atomic mass is 10.2. The van der Waals surface area contributed by atoms with Crippen molar-refractivity contribution in [3.8, 4) is 0 Å². The number of nitrogens with one attached hydrogen (secondary N) is 1. The minimum absolute atomic E-state index is 0.134. The summed E-state index contributed by atoms with van der Waals surface area (Å²) in [5.41, 5.74) is 5.02. The maximum atomic E-state index is 12.3. The summed E-state index contributed by atoms with van der Waals surface area (Å²) in [5.74, 6) is -0.517. The highest BCUT2D eigenvalue weighted by Crippen LogP contribution is 2.05. The highest BCUT2D eigenvalue weighted by Gasteiger charge is 2.15. The highest BCUT2D eigenvalue weighted by molar-refractivity contribution is 5.79. The van der Waals surface area contributed by atoms with Crippen LogP contribution in [0.25, 0.3) is 0 Å². The number of alkyl halides is 3. The lowest BCUT2D eigenvalue weighted by molar-refractivity contribution is -0.120. The zero-order valence-corrected chi connectivity index (χ0v) is 8.42. The van der Waals surface area contributed by atoms with Crippen LogP contribution in [0, 0.1) is 0 Å². The first-order valence-electron chi connectivity index (χ1n) is 4.60. The van der Waals surface area contributed by atoms with Crippen LogP contribution in [-0.4, -0.2) is 31.1 Å². The molecule has 3 nitrogen and oxygen atoms in total. The van der Waals surface area contributed by atoms with E-state index in [-0.39, 0.29) is 6.54 Å². The zero-order valence-electron chi connectivity index (χ0n) is 8.42. The van der Waals surface area contributed by atoms with Gasteiger partial charge >= 0.3 is 0 Å². The number of nitrogens with two attached hydrogens (primary N) is 1. The number of carbonyl (C=O) groups is 1. The number of primary amides is 1. The van der Waals surface area contributed by atoms with Crippen molar-refractivity contribution in [1.82, 2.24) is 5.32 Å². The van der Waals surface area contributed by atoms with Crippen molar-refractivity contribution in [2.24, 2.45) is 5.73 Å². The fourth-order valence-corrected chi connectivity index (χ4v) is 0.938. The summed E-state index contributed by atoms with van der Waals surface area (Å²) in [4.78, 5) is 10.7. The van der Waals surface area contributed by atoms with Gasteiger partial charge in [-0.25, -0.2) is 13.2 Å². The van der Waals surface area contributed by atoms with E-state index in [2.05, 4.69) is 5.32 Å². The van der Waals surface area contributed by atoms with Crippen LogP contribution in [0.3, 0.4) is 0 Å². The van der Waals surface area contributed by atoms with Gasteiger partial charge in [-0.3, -0.25) is 4.79 Å². The molecule has 0 saturated heterocycles. The molecule has 3 N–H and O–H groups in total. The van der Waals surface area contributed by atoms with Crippen LogP contribution in [0.2, 0.25) is 0 Å². The molecule has 0 spiro atoms. The van der Waals surface area contributed by atoms with Gasteiger partial charge < -0.3 is 11.1 Å². The molecule has 1 amide bonds. The lowest BCUT2D eigenvalue weighted by Crippen LogP contribution is -2.40. The first-order chi connectivity index (χ1) is 6.99. The molecule has 0 aromatic heterocycles. The molecule has 0 heterocycles. The summed E-state index contributed by atoms with van der Waals surface area (Å²) in [6, 6.07) is -0.515. The number of amides is 1. The molecule has 0 rings (SSSR count). The van der Waals surface area contributed by atoms with Crippen LogP contribution >= 0.6 is 0 Å². The van der Waals surface area contributed by atoms with E-state index < -0.39 is 24.5 Å². The molecule has 1 unspecified atom stereocenters. The standard InChI is InChI=1S/C9H15F3N2O/c1-2-7(9(13)15)14-5-3-4-6(10)8(11)12/h3-4,6-8,14H,2,5H2,1H3,(H2,13,15)/b4-3+/t6?,7-/m0/s1. The number of halogens is 3. The second-order valence-corrected chi connectivity index (χ2v) is 2.98. The molecule has 6 heteroatoms. The van der Waals surface area contributed by atoms with Crippen LogP contribution in [0.5, 0.6) is 0 Å². The monoisotopic (exact) mass is 224 g/mol. The van der Waals surface area contributed by atoms with Crippen molar-refractivity contribution in [3.05, 3.63) is 12.2 Å². The summed E-state index contributed by atoms with van der Waals surface area (Å²) in [6.45, 7) is 1.89. The molecule has 0 aromatic carbocycles. The summed E-state index contributed by atoms with van der Waals surface area (Å²) < 4.78 is 35.7. The van der Waals surface area contributed by atoms with Crippen LogP contribution in [0.15, 0.2) is 12.2 Å². The van der Waals surface area contributed by atoms with Gasteiger partial charge in [-0.1, -0.05) is 13.0 Å². The fourth-order valence-electron chi connectivity index (χ4n) is 0.938. The van der Waals surface area contributed by atoms with Gasteiger partial charge in [0.1, 0.15) is 0 Å². The van der Waals surface area contributed by atoms with Gasteiger partial charge in [-0.15, -0.1) is 0 Å². The average molecular weight is 224 g/mol. The topological polar surface area (TPSA) is 55.1 Å². The van der Waals surface area contributed by atoms with Crippen molar-refractivity contribution in [3.63, 3.8) is 0 Å². The van der Waals surface area contributed by atoms with Gasteiger partial charge in [0.15, 0.2) is 6.17 Å². The SMILES string of the molecule is CC[C@H](NC/C=C/C(F)C(F)F)C(N)=O. The number of hydrogen-bond donors (Lipinski definition) is 2. The van der Waals surface area contributed by atoms with Crippen molar-refractivity contribution >= 4 is 5.91 Å². The molecule has 0 bridgehead atoms. The van der Waals surface area contributed by atoms with Crippen LogP contribution < -0.4 is 11.1 Å². The van der Waals surface area contributed by atoms with Gasteiger partial charge in [0, 0.05) is 6.54 Å². The number of carbonyl (C=O) groups excluding carboxylic acids is 1. The Morgan fingerprint density at radius 2 is 2.07 bits per heavy atom. The maximum Gasteiger partial charge on any atom is 0.272 e. The molecule has 0 aromatic rings. The Hall–Kier alpha value is -1.04. The Balaban J connectivity index is 3.82. The molecular weight excluding hydrogens is 209 g/mol. The third kappa shape index (κ3) is 6.11. The van der Waals surface area contributed by atoms with Gasteiger partial charge in [0.25, 0.3) is 6.43 Å². The number of allylic oxidation sites excluding steroid dienone is 1.